The maximum atomic E-state index is 13.0. The Morgan fingerprint density at radius 2 is 1.80 bits per heavy atom. The van der Waals surface area contributed by atoms with Crippen molar-refractivity contribution in [3.63, 3.8) is 0 Å². The van der Waals surface area contributed by atoms with Crippen LogP contribution in [-0.2, 0) is 9.59 Å². The second-order valence-corrected chi connectivity index (χ2v) is 7.44. The molecule has 2 aromatic carbocycles. The van der Waals surface area contributed by atoms with Crippen LogP contribution in [0.4, 0.5) is 11.4 Å². The van der Waals surface area contributed by atoms with Gasteiger partial charge in [-0.05, 0) is 43.3 Å². The zero-order valence-electron chi connectivity index (χ0n) is 16.2. The second-order valence-electron chi connectivity index (χ2n) is 6.22. The van der Waals surface area contributed by atoms with E-state index in [1.165, 1.54) is 0 Å². The van der Waals surface area contributed by atoms with Crippen LogP contribution in [-0.4, -0.2) is 23.7 Å². The lowest BCUT2D eigenvalue weighted by Gasteiger charge is -2.17. The van der Waals surface area contributed by atoms with Crippen molar-refractivity contribution in [2.24, 2.45) is 0 Å². The van der Waals surface area contributed by atoms with Crippen molar-refractivity contribution in [3.05, 3.63) is 65.2 Å². The molecule has 1 fully saturated rings. The number of benzene rings is 2. The van der Waals surface area contributed by atoms with E-state index >= 15 is 0 Å². The first-order valence-electron chi connectivity index (χ1n) is 9.20. The van der Waals surface area contributed by atoms with E-state index in [0.717, 1.165) is 16.7 Å². The van der Waals surface area contributed by atoms with Crippen molar-refractivity contribution < 1.29 is 14.3 Å². The zero-order valence-corrected chi connectivity index (χ0v) is 17.0. The van der Waals surface area contributed by atoms with Crippen molar-refractivity contribution in [2.45, 2.75) is 18.6 Å². The van der Waals surface area contributed by atoms with E-state index in [-0.39, 0.29) is 22.9 Å². The van der Waals surface area contributed by atoms with Gasteiger partial charge in [-0.3, -0.25) is 9.59 Å². The normalized spacial score (nSPS) is 15.3. The number of nitriles is 2. The Labute approximate surface area is 178 Å². The van der Waals surface area contributed by atoms with Gasteiger partial charge in [0, 0.05) is 12.1 Å². The van der Waals surface area contributed by atoms with Crippen LogP contribution in [0.2, 0.25) is 0 Å². The molecule has 2 aromatic rings. The molecule has 1 heterocycles. The number of carbonyl (C=O) groups is 2. The molecule has 1 aliphatic heterocycles. The molecule has 30 heavy (non-hydrogen) atoms. The first-order valence-corrected chi connectivity index (χ1v) is 10.1. The fourth-order valence-corrected chi connectivity index (χ4v) is 4.00. The van der Waals surface area contributed by atoms with Crippen LogP contribution in [0.25, 0.3) is 0 Å². The van der Waals surface area contributed by atoms with E-state index in [0.29, 0.717) is 23.7 Å². The van der Waals surface area contributed by atoms with Crippen LogP contribution < -0.4 is 15.0 Å². The summed E-state index contributed by atoms with van der Waals surface area (Å²) in [6.07, 6.45) is -0.0270. The van der Waals surface area contributed by atoms with Crippen LogP contribution >= 0.6 is 11.8 Å². The molecule has 0 aliphatic carbocycles. The summed E-state index contributed by atoms with van der Waals surface area (Å²) in [5, 5.41) is 21.1. The lowest BCUT2D eigenvalue weighted by molar-refractivity contribution is -0.121. The van der Waals surface area contributed by atoms with Gasteiger partial charge in [0.1, 0.15) is 22.9 Å². The molecule has 0 spiro atoms. The zero-order chi connectivity index (χ0) is 21.5. The third kappa shape index (κ3) is 4.62. The number of para-hydroxylation sites is 1. The number of amides is 2. The number of hydrogen-bond donors (Lipinski definition) is 1. The minimum Gasteiger partial charge on any atom is -0.494 e. The maximum absolute atomic E-state index is 13.0. The van der Waals surface area contributed by atoms with Gasteiger partial charge >= 0.3 is 0 Å². The maximum Gasteiger partial charge on any atom is 0.247 e. The molecule has 1 atom stereocenters. The smallest absolute Gasteiger partial charge is 0.247 e. The molecular weight excluding hydrogens is 400 g/mol. The van der Waals surface area contributed by atoms with Crippen LogP contribution in [0.15, 0.2) is 65.2 Å². The molecule has 1 N–H and O–H groups in total. The second kappa shape index (κ2) is 9.64. The Kier molecular flexibility index (Phi) is 6.74. The predicted octanol–water partition coefficient (Wildman–Crippen LogP) is 3.82. The van der Waals surface area contributed by atoms with Crippen molar-refractivity contribution in [1.82, 2.24) is 0 Å². The average molecular weight is 418 g/mol. The molecule has 0 saturated carbocycles. The van der Waals surface area contributed by atoms with Gasteiger partial charge in [0.15, 0.2) is 5.57 Å². The van der Waals surface area contributed by atoms with Gasteiger partial charge in [0.25, 0.3) is 0 Å². The highest BCUT2D eigenvalue weighted by Gasteiger charge is 2.41. The molecule has 3 rings (SSSR count). The summed E-state index contributed by atoms with van der Waals surface area (Å²) in [5.41, 5.74) is 0.977. The van der Waals surface area contributed by atoms with E-state index < -0.39 is 11.2 Å². The minimum absolute atomic E-state index is 0.0270. The Morgan fingerprint density at radius 3 is 2.40 bits per heavy atom. The third-order valence-corrected chi connectivity index (χ3v) is 5.45. The average Bonchev–Trinajstić information content (AvgIpc) is 3.03. The Hall–Kier alpha value is -3.75. The van der Waals surface area contributed by atoms with Gasteiger partial charge in [-0.1, -0.05) is 30.0 Å². The summed E-state index contributed by atoms with van der Waals surface area (Å²) in [7, 11) is 0. The fraction of sp³-hybridized carbons (Fsp3) is 0.182. The van der Waals surface area contributed by atoms with Crippen molar-refractivity contribution in [3.8, 4) is 17.9 Å². The van der Waals surface area contributed by atoms with Gasteiger partial charge in [-0.25, -0.2) is 4.90 Å². The molecule has 8 heteroatoms. The summed E-state index contributed by atoms with van der Waals surface area (Å²) in [6, 6.07) is 19.4. The van der Waals surface area contributed by atoms with Crippen LogP contribution in [0.1, 0.15) is 13.3 Å². The summed E-state index contributed by atoms with van der Waals surface area (Å²) >= 11 is 1.01. The highest BCUT2D eigenvalue weighted by atomic mass is 32.2. The number of ether oxygens (including phenoxy) is 1. The third-order valence-electron chi connectivity index (χ3n) is 4.25. The molecule has 0 aromatic heterocycles. The molecular formula is C22H18N4O3S. The van der Waals surface area contributed by atoms with Gasteiger partial charge in [-0.2, -0.15) is 10.5 Å². The fourth-order valence-electron chi connectivity index (χ4n) is 2.90. The number of hydrogen-bond acceptors (Lipinski definition) is 7. The SMILES string of the molecule is CCOc1ccc(N2C(=O)C[C@H](SC(Nc3ccccc3)=C(C#N)C#N)C2=O)cc1. The molecule has 150 valence electrons. The summed E-state index contributed by atoms with van der Waals surface area (Å²) in [4.78, 5) is 26.6. The number of rotatable bonds is 7. The van der Waals surface area contributed by atoms with E-state index in [1.54, 1.807) is 48.5 Å². The number of imide groups is 1. The van der Waals surface area contributed by atoms with Gasteiger partial charge in [0.2, 0.25) is 11.8 Å². The lowest BCUT2D eigenvalue weighted by atomic mass is 10.3. The van der Waals surface area contributed by atoms with Crippen LogP contribution in [0.5, 0.6) is 5.75 Å². The van der Waals surface area contributed by atoms with Crippen LogP contribution in [0, 0.1) is 22.7 Å². The first-order chi connectivity index (χ1) is 14.6. The molecule has 0 bridgehead atoms. The number of thioether (sulfide) groups is 1. The largest absolute Gasteiger partial charge is 0.494 e. The van der Waals surface area contributed by atoms with Crippen molar-refractivity contribution >= 4 is 35.0 Å². The standard InChI is InChI=1S/C22H18N4O3S/c1-2-29-18-10-8-17(9-11-18)26-20(27)12-19(22(26)28)30-21(15(13-23)14-24)25-16-6-4-3-5-7-16/h3-11,19,25H,2,12H2,1H3/t19-/m0/s1. The van der Waals surface area contributed by atoms with Gasteiger partial charge in [0.05, 0.1) is 17.5 Å². The number of nitrogens with zero attached hydrogens (tertiary/aromatic N) is 3. The Bertz CT molecular complexity index is 1040. The lowest BCUT2D eigenvalue weighted by Crippen LogP contribution is -2.31. The van der Waals surface area contributed by atoms with E-state index in [9.17, 15) is 20.1 Å². The Morgan fingerprint density at radius 1 is 1.13 bits per heavy atom. The van der Waals surface area contributed by atoms with E-state index in [4.69, 9.17) is 4.74 Å². The first kappa shape index (κ1) is 21.0. The highest BCUT2D eigenvalue weighted by molar-refractivity contribution is 8.04. The Balaban J connectivity index is 1.82. The molecule has 1 aliphatic rings. The molecule has 1 saturated heterocycles. The molecule has 2 amide bonds. The highest BCUT2D eigenvalue weighted by Crippen LogP contribution is 2.35. The van der Waals surface area contributed by atoms with Crippen molar-refractivity contribution in [1.29, 1.82) is 10.5 Å². The van der Waals surface area contributed by atoms with E-state index in [1.807, 2.05) is 25.1 Å². The summed E-state index contributed by atoms with van der Waals surface area (Å²) in [5.74, 6) is -0.0795. The summed E-state index contributed by atoms with van der Waals surface area (Å²) in [6.45, 7) is 2.39. The van der Waals surface area contributed by atoms with Crippen molar-refractivity contribution in [2.75, 3.05) is 16.8 Å². The minimum atomic E-state index is -0.744. The van der Waals surface area contributed by atoms with E-state index in [2.05, 4.69) is 5.32 Å². The molecule has 7 nitrogen and oxygen atoms in total. The number of anilines is 2. The number of nitrogens with one attached hydrogen (secondary N) is 1. The molecule has 0 unspecified atom stereocenters. The number of carbonyl (C=O) groups excluding carboxylic acids is 2. The number of allylic oxidation sites excluding steroid dienone is 1. The monoisotopic (exact) mass is 418 g/mol. The molecule has 0 radical (unpaired) electrons. The predicted molar refractivity (Wildman–Crippen MR) is 114 cm³/mol. The van der Waals surface area contributed by atoms with Gasteiger partial charge < -0.3 is 10.1 Å². The van der Waals surface area contributed by atoms with Crippen LogP contribution in [0.3, 0.4) is 0 Å². The van der Waals surface area contributed by atoms with Gasteiger partial charge in [-0.15, -0.1) is 0 Å². The summed E-state index contributed by atoms with van der Waals surface area (Å²) < 4.78 is 5.39. The quantitative estimate of drug-likeness (QED) is 0.538. The topological polar surface area (TPSA) is 106 Å².